The van der Waals surface area contributed by atoms with E-state index in [-0.39, 0.29) is 5.91 Å². The zero-order valence-corrected chi connectivity index (χ0v) is 14.6. The van der Waals surface area contributed by atoms with Crippen molar-refractivity contribution in [3.05, 3.63) is 71.2 Å². The number of aromatic nitrogens is 2. The van der Waals surface area contributed by atoms with E-state index in [9.17, 15) is 4.79 Å². The van der Waals surface area contributed by atoms with Gasteiger partial charge in [0, 0.05) is 11.3 Å². The Labute approximate surface area is 154 Å². The Balaban J connectivity index is 1.66. The highest BCUT2D eigenvalue weighted by molar-refractivity contribution is 6.32. The Kier molecular flexibility index (Phi) is 4.14. The second-order valence-electron chi connectivity index (χ2n) is 5.72. The molecule has 3 aromatic carbocycles. The molecule has 1 amide bonds. The lowest BCUT2D eigenvalue weighted by Gasteiger charge is -2.09. The molecular weight excluding hydrogens is 350 g/mol. The number of para-hydroxylation sites is 2. The highest BCUT2D eigenvalue weighted by Crippen LogP contribution is 2.27. The van der Waals surface area contributed by atoms with Crippen LogP contribution in [0, 0.1) is 0 Å². The molecule has 0 bridgehead atoms. The smallest absolute Gasteiger partial charge is 0.255 e. The minimum Gasteiger partial charge on any atom is -0.495 e. The van der Waals surface area contributed by atoms with Crippen LogP contribution in [0.15, 0.2) is 60.7 Å². The lowest BCUT2D eigenvalue weighted by Crippen LogP contribution is -2.12. The first kappa shape index (κ1) is 16.3. The quantitative estimate of drug-likeness (QED) is 0.536. The van der Waals surface area contributed by atoms with E-state index in [1.165, 1.54) is 0 Å². The number of nitrogens with zero attached hydrogens (tertiary/aromatic N) is 2. The second-order valence-corrected chi connectivity index (χ2v) is 6.13. The van der Waals surface area contributed by atoms with Crippen LogP contribution in [-0.2, 0) is 0 Å². The van der Waals surface area contributed by atoms with Crippen molar-refractivity contribution in [3.8, 4) is 5.75 Å². The number of methoxy groups -OCH3 is 1. The van der Waals surface area contributed by atoms with Gasteiger partial charge in [0.2, 0.25) is 0 Å². The SMILES string of the molecule is COc1ccc(NC(=O)c2ccc3nc4ccccc4nc3c2)cc1Cl. The summed E-state index contributed by atoms with van der Waals surface area (Å²) in [6.45, 7) is 0. The third-order valence-electron chi connectivity index (χ3n) is 4.01. The molecule has 0 saturated carbocycles. The van der Waals surface area contributed by atoms with Crippen LogP contribution in [0.5, 0.6) is 5.75 Å². The number of benzene rings is 3. The molecule has 0 unspecified atom stereocenters. The van der Waals surface area contributed by atoms with Gasteiger partial charge in [0.1, 0.15) is 5.75 Å². The van der Waals surface area contributed by atoms with Crippen molar-refractivity contribution >= 4 is 45.3 Å². The molecule has 0 aliphatic rings. The number of rotatable bonds is 3. The fourth-order valence-electron chi connectivity index (χ4n) is 2.71. The van der Waals surface area contributed by atoms with Gasteiger partial charge in [-0.3, -0.25) is 4.79 Å². The third-order valence-corrected chi connectivity index (χ3v) is 4.31. The van der Waals surface area contributed by atoms with E-state index < -0.39 is 0 Å². The molecule has 0 atom stereocenters. The molecule has 4 aromatic rings. The van der Waals surface area contributed by atoms with Crippen molar-refractivity contribution in [2.45, 2.75) is 0 Å². The number of hydrogen-bond donors (Lipinski definition) is 1. The molecule has 26 heavy (non-hydrogen) atoms. The van der Waals surface area contributed by atoms with Crippen LogP contribution in [0.25, 0.3) is 22.1 Å². The highest BCUT2D eigenvalue weighted by atomic mass is 35.5. The van der Waals surface area contributed by atoms with Crippen molar-refractivity contribution in [1.29, 1.82) is 0 Å². The van der Waals surface area contributed by atoms with Crippen LogP contribution in [0.2, 0.25) is 5.02 Å². The van der Waals surface area contributed by atoms with Crippen molar-refractivity contribution < 1.29 is 9.53 Å². The number of halogens is 1. The normalized spacial score (nSPS) is 10.8. The average molecular weight is 364 g/mol. The van der Waals surface area contributed by atoms with Gasteiger partial charge in [0.05, 0.1) is 34.2 Å². The third kappa shape index (κ3) is 3.05. The summed E-state index contributed by atoms with van der Waals surface area (Å²) < 4.78 is 5.11. The summed E-state index contributed by atoms with van der Waals surface area (Å²) in [6.07, 6.45) is 0. The minimum atomic E-state index is -0.247. The van der Waals surface area contributed by atoms with Crippen molar-refractivity contribution in [2.24, 2.45) is 0 Å². The van der Waals surface area contributed by atoms with Gasteiger partial charge in [-0.05, 0) is 48.5 Å². The predicted molar refractivity (Wildman–Crippen MR) is 103 cm³/mol. The molecular formula is C20H14ClN3O2. The topological polar surface area (TPSA) is 64.1 Å². The fraction of sp³-hybridized carbons (Fsp3) is 0.0500. The number of hydrogen-bond acceptors (Lipinski definition) is 4. The molecule has 0 aliphatic heterocycles. The van der Waals surface area contributed by atoms with E-state index in [4.69, 9.17) is 16.3 Å². The maximum absolute atomic E-state index is 12.6. The fourth-order valence-corrected chi connectivity index (χ4v) is 2.97. The number of amides is 1. The summed E-state index contributed by atoms with van der Waals surface area (Å²) in [4.78, 5) is 21.7. The number of anilines is 1. The summed E-state index contributed by atoms with van der Waals surface area (Å²) in [6, 6.07) is 18.0. The monoisotopic (exact) mass is 363 g/mol. The first-order valence-corrected chi connectivity index (χ1v) is 8.33. The zero-order chi connectivity index (χ0) is 18.1. The Morgan fingerprint density at radius 1 is 0.923 bits per heavy atom. The van der Waals surface area contributed by atoms with Gasteiger partial charge < -0.3 is 10.1 Å². The van der Waals surface area contributed by atoms with Gasteiger partial charge >= 0.3 is 0 Å². The zero-order valence-electron chi connectivity index (χ0n) is 13.9. The Bertz CT molecular complexity index is 1140. The molecule has 128 valence electrons. The summed E-state index contributed by atoms with van der Waals surface area (Å²) in [5.41, 5.74) is 4.11. The molecule has 4 rings (SSSR count). The van der Waals surface area contributed by atoms with E-state index >= 15 is 0 Å². The van der Waals surface area contributed by atoms with Crippen LogP contribution < -0.4 is 10.1 Å². The largest absolute Gasteiger partial charge is 0.495 e. The summed E-state index contributed by atoms with van der Waals surface area (Å²) >= 11 is 6.10. The van der Waals surface area contributed by atoms with E-state index in [0.717, 1.165) is 16.6 Å². The van der Waals surface area contributed by atoms with E-state index in [0.29, 0.717) is 27.5 Å². The molecule has 6 heteroatoms. The molecule has 0 fully saturated rings. The maximum atomic E-state index is 12.6. The highest BCUT2D eigenvalue weighted by Gasteiger charge is 2.10. The van der Waals surface area contributed by atoms with Gasteiger partial charge in [0.15, 0.2) is 0 Å². The predicted octanol–water partition coefficient (Wildman–Crippen LogP) is 4.70. The van der Waals surface area contributed by atoms with Crippen LogP contribution in [-0.4, -0.2) is 23.0 Å². The Hall–Kier alpha value is -3.18. The molecule has 0 saturated heterocycles. The molecule has 1 N–H and O–H groups in total. The Morgan fingerprint density at radius 3 is 2.31 bits per heavy atom. The number of carbonyl (C=O) groups is 1. The van der Waals surface area contributed by atoms with Crippen molar-refractivity contribution in [3.63, 3.8) is 0 Å². The van der Waals surface area contributed by atoms with Gasteiger partial charge in [-0.1, -0.05) is 23.7 Å². The summed E-state index contributed by atoms with van der Waals surface area (Å²) in [7, 11) is 1.54. The van der Waals surface area contributed by atoms with Crippen LogP contribution in [0.3, 0.4) is 0 Å². The molecule has 5 nitrogen and oxygen atoms in total. The van der Waals surface area contributed by atoms with Crippen LogP contribution in [0.4, 0.5) is 5.69 Å². The van der Waals surface area contributed by atoms with Gasteiger partial charge in [-0.25, -0.2) is 9.97 Å². The average Bonchev–Trinajstić information content (AvgIpc) is 2.66. The number of nitrogens with one attached hydrogen (secondary N) is 1. The van der Waals surface area contributed by atoms with Crippen molar-refractivity contribution in [2.75, 3.05) is 12.4 Å². The standard InChI is InChI=1S/C20H14ClN3O2/c1-26-19-9-7-13(11-14(19)21)22-20(25)12-6-8-17-18(10-12)24-16-5-3-2-4-15(16)23-17/h2-11H,1H3,(H,22,25). The number of ether oxygens (including phenoxy) is 1. The van der Waals surface area contributed by atoms with Gasteiger partial charge in [0.25, 0.3) is 5.91 Å². The first-order valence-electron chi connectivity index (χ1n) is 7.95. The van der Waals surface area contributed by atoms with Gasteiger partial charge in [-0.2, -0.15) is 0 Å². The minimum absolute atomic E-state index is 0.247. The number of carbonyl (C=O) groups excluding carboxylic acids is 1. The Morgan fingerprint density at radius 2 is 1.62 bits per heavy atom. The van der Waals surface area contributed by atoms with E-state index in [2.05, 4.69) is 15.3 Å². The van der Waals surface area contributed by atoms with Crippen LogP contribution >= 0.6 is 11.6 Å². The first-order chi connectivity index (χ1) is 12.6. The summed E-state index contributed by atoms with van der Waals surface area (Å²) in [5, 5.41) is 3.26. The summed E-state index contributed by atoms with van der Waals surface area (Å²) in [5.74, 6) is 0.306. The lowest BCUT2D eigenvalue weighted by molar-refractivity contribution is 0.102. The van der Waals surface area contributed by atoms with Crippen LogP contribution in [0.1, 0.15) is 10.4 Å². The van der Waals surface area contributed by atoms with Gasteiger partial charge in [-0.15, -0.1) is 0 Å². The lowest BCUT2D eigenvalue weighted by atomic mass is 10.1. The second kappa shape index (κ2) is 6.61. The molecule has 0 spiro atoms. The molecule has 0 radical (unpaired) electrons. The molecule has 0 aliphatic carbocycles. The number of fused-ring (bicyclic) bond motifs is 2. The van der Waals surface area contributed by atoms with E-state index in [1.807, 2.05) is 24.3 Å². The molecule has 1 heterocycles. The van der Waals surface area contributed by atoms with E-state index in [1.54, 1.807) is 43.5 Å². The molecule has 1 aromatic heterocycles. The van der Waals surface area contributed by atoms with Crippen molar-refractivity contribution in [1.82, 2.24) is 9.97 Å². The maximum Gasteiger partial charge on any atom is 0.255 e.